The maximum absolute atomic E-state index is 12.6. The molecular formula is C16H15F3N2O4. The predicted octanol–water partition coefficient (Wildman–Crippen LogP) is 2.40. The fourth-order valence-corrected chi connectivity index (χ4v) is 2.37. The molecule has 0 bridgehead atoms. The van der Waals surface area contributed by atoms with Crippen molar-refractivity contribution in [3.63, 3.8) is 0 Å². The van der Waals surface area contributed by atoms with E-state index in [2.05, 4.69) is 4.98 Å². The highest BCUT2D eigenvalue weighted by molar-refractivity contribution is 6.00. The van der Waals surface area contributed by atoms with Crippen LogP contribution in [0.2, 0.25) is 0 Å². The van der Waals surface area contributed by atoms with E-state index in [9.17, 15) is 27.6 Å². The number of ketones is 1. The lowest BCUT2D eigenvalue weighted by Gasteiger charge is -2.12. The second-order valence-electron chi connectivity index (χ2n) is 5.40. The Morgan fingerprint density at radius 3 is 2.52 bits per heavy atom. The van der Waals surface area contributed by atoms with Crippen molar-refractivity contribution in [1.29, 1.82) is 0 Å². The molecule has 0 aliphatic carbocycles. The first-order valence-electron chi connectivity index (χ1n) is 7.21. The molecule has 0 atom stereocenters. The minimum atomic E-state index is -4.42. The van der Waals surface area contributed by atoms with E-state index < -0.39 is 36.6 Å². The van der Waals surface area contributed by atoms with E-state index in [0.29, 0.717) is 0 Å². The second kappa shape index (κ2) is 6.96. The van der Waals surface area contributed by atoms with Crippen molar-refractivity contribution in [2.45, 2.75) is 26.6 Å². The van der Waals surface area contributed by atoms with Gasteiger partial charge in [0, 0.05) is 23.1 Å². The number of hydrogen-bond acceptors (Lipinski definition) is 4. The third kappa shape index (κ3) is 4.37. The molecule has 2 aromatic rings. The largest absolute Gasteiger partial charge is 0.454 e. The standard InChI is InChI=1S/C16H15F3N2O4/c1-9-6-12(10(2)21(9)8-16(17,18)19)13(22)7-25-15(24)11-4-3-5-20-14(11)23/h3-6H,7-8H2,1-2H3,(H,20,23). The third-order valence-corrected chi connectivity index (χ3v) is 3.58. The van der Waals surface area contributed by atoms with Crippen molar-refractivity contribution >= 4 is 11.8 Å². The number of aromatic nitrogens is 2. The molecule has 0 unspecified atom stereocenters. The van der Waals surface area contributed by atoms with Crippen molar-refractivity contribution in [2.75, 3.05) is 6.61 Å². The highest BCUT2D eigenvalue weighted by Crippen LogP contribution is 2.23. The molecular weight excluding hydrogens is 341 g/mol. The first-order valence-corrected chi connectivity index (χ1v) is 7.21. The smallest absolute Gasteiger partial charge is 0.406 e. The van der Waals surface area contributed by atoms with Crippen LogP contribution >= 0.6 is 0 Å². The number of rotatable bonds is 5. The van der Waals surface area contributed by atoms with Crippen LogP contribution in [-0.2, 0) is 11.3 Å². The summed E-state index contributed by atoms with van der Waals surface area (Å²) in [6.07, 6.45) is -3.09. The van der Waals surface area contributed by atoms with Crippen molar-refractivity contribution in [1.82, 2.24) is 9.55 Å². The molecule has 0 saturated heterocycles. The SMILES string of the molecule is Cc1cc(C(=O)COC(=O)c2ccc[nH]c2=O)c(C)n1CC(F)(F)F. The molecule has 25 heavy (non-hydrogen) atoms. The van der Waals surface area contributed by atoms with Crippen molar-refractivity contribution in [3.05, 3.63) is 57.3 Å². The van der Waals surface area contributed by atoms with Crippen LogP contribution in [-0.4, -0.2) is 34.1 Å². The van der Waals surface area contributed by atoms with Crippen LogP contribution in [0.4, 0.5) is 13.2 Å². The fourth-order valence-electron chi connectivity index (χ4n) is 2.37. The maximum Gasteiger partial charge on any atom is 0.406 e. The highest BCUT2D eigenvalue weighted by Gasteiger charge is 2.30. The monoisotopic (exact) mass is 356 g/mol. The zero-order valence-corrected chi connectivity index (χ0v) is 13.4. The average molecular weight is 356 g/mol. The fraction of sp³-hybridized carbons (Fsp3) is 0.312. The predicted molar refractivity (Wildman–Crippen MR) is 81.6 cm³/mol. The van der Waals surface area contributed by atoms with Gasteiger partial charge in [-0.25, -0.2) is 4.79 Å². The Hall–Kier alpha value is -2.84. The number of halogens is 3. The minimum absolute atomic E-state index is 0.0384. The lowest BCUT2D eigenvalue weighted by atomic mass is 10.1. The number of pyridine rings is 1. The summed E-state index contributed by atoms with van der Waals surface area (Å²) in [6, 6.07) is 3.97. The third-order valence-electron chi connectivity index (χ3n) is 3.58. The van der Waals surface area contributed by atoms with E-state index in [-0.39, 0.29) is 22.5 Å². The highest BCUT2D eigenvalue weighted by atomic mass is 19.4. The van der Waals surface area contributed by atoms with Gasteiger partial charge in [0.1, 0.15) is 12.1 Å². The van der Waals surface area contributed by atoms with Gasteiger partial charge >= 0.3 is 12.1 Å². The number of Topliss-reactive ketones (excluding diaryl/α,β-unsaturated/α-hetero) is 1. The Morgan fingerprint density at radius 2 is 1.92 bits per heavy atom. The summed E-state index contributed by atoms with van der Waals surface area (Å²) in [4.78, 5) is 37.7. The average Bonchev–Trinajstić information content (AvgIpc) is 2.79. The molecule has 0 saturated carbocycles. The van der Waals surface area contributed by atoms with E-state index in [1.165, 1.54) is 38.2 Å². The zero-order chi connectivity index (χ0) is 18.8. The molecule has 0 aliphatic heterocycles. The molecule has 2 heterocycles. The molecule has 0 spiro atoms. The van der Waals surface area contributed by atoms with E-state index in [1.807, 2.05) is 0 Å². The van der Waals surface area contributed by atoms with Gasteiger partial charge < -0.3 is 14.3 Å². The number of nitrogens with one attached hydrogen (secondary N) is 1. The number of aromatic amines is 1. The number of aryl methyl sites for hydroxylation is 1. The van der Waals surface area contributed by atoms with Gasteiger partial charge in [0.25, 0.3) is 5.56 Å². The van der Waals surface area contributed by atoms with Gasteiger partial charge in [0.05, 0.1) is 0 Å². The number of H-pyrrole nitrogens is 1. The van der Waals surface area contributed by atoms with Crippen LogP contribution in [0.15, 0.2) is 29.2 Å². The topological polar surface area (TPSA) is 81.2 Å². The Labute approximate surface area is 140 Å². The number of nitrogens with zero attached hydrogens (tertiary/aromatic N) is 1. The summed E-state index contributed by atoms with van der Waals surface area (Å²) in [5.41, 5.74) is -0.491. The van der Waals surface area contributed by atoms with Crippen molar-refractivity contribution in [2.24, 2.45) is 0 Å². The number of hydrogen-bond donors (Lipinski definition) is 1. The molecule has 9 heteroatoms. The van der Waals surface area contributed by atoms with Crippen LogP contribution < -0.4 is 5.56 Å². The Balaban J connectivity index is 2.12. The Morgan fingerprint density at radius 1 is 1.24 bits per heavy atom. The molecule has 134 valence electrons. The summed E-state index contributed by atoms with van der Waals surface area (Å²) >= 11 is 0. The maximum atomic E-state index is 12.6. The minimum Gasteiger partial charge on any atom is -0.454 e. The van der Waals surface area contributed by atoms with E-state index in [4.69, 9.17) is 4.74 Å². The summed E-state index contributed by atoms with van der Waals surface area (Å²) < 4.78 is 43.5. The molecule has 6 nitrogen and oxygen atoms in total. The van der Waals surface area contributed by atoms with Crippen LogP contribution in [0.3, 0.4) is 0 Å². The molecule has 1 N–H and O–H groups in total. The molecule has 0 radical (unpaired) electrons. The van der Waals surface area contributed by atoms with Crippen molar-refractivity contribution < 1.29 is 27.5 Å². The number of carbonyl (C=O) groups is 2. The number of carbonyl (C=O) groups excluding carboxylic acids is 2. The molecule has 0 amide bonds. The van der Waals surface area contributed by atoms with Gasteiger partial charge in [-0.2, -0.15) is 13.2 Å². The molecule has 0 fully saturated rings. The van der Waals surface area contributed by atoms with E-state index >= 15 is 0 Å². The summed E-state index contributed by atoms with van der Waals surface area (Å²) in [5, 5.41) is 0. The van der Waals surface area contributed by atoms with Gasteiger partial charge in [0.2, 0.25) is 5.78 Å². The van der Waals surface area contributed by atoms with Gasteiger partial charge in [-0.1, -0.05) is 0 Å². The molecule has 0 aromatic carbocycles. The first kappa shape index (κ1) is 18.5. The zero-order valence-electron chi connectivity index (χ0n) is 13.4. The summed E-state index contributed by atoms with van der Waals surface area (Å²) in [7, 11) is 0. The summed E-state index contributed by atoms with van der Waals surface area (Å²) in [5.74, 6) is -1.64. The van der Waals surface area contributed by atoms with E-state index in [0.717, 1.165) is 4.57 Å². The molecule has 2 aromatic heterocycles. The van der Waals surface area contributed by atoms with Crippen LogP contribution in [0.25, 0.3) is 0 Å². The number of ether oxygens (including phenoxy) is 1. The van der Waals surface area contributed by atoms with E-state index in [1.54, 1.807) is 0 Å². The first-order chi connectivity index (χ1) is 11.6. The van der Waals surface area contributed by atoms with Gasteiger partial charge in [-0.05, 0) is 32.0 Å². The number of esters is 1. The van der Waals surface area contributed by atoms with Crippen LogP contribution in [0, 0.1) is 13.8 Å². The summed E-state index contributed by atoms with van der Waals surface area (Å²) in [6.45, 7) is 0.946. The lowest BCUT2D eigenvalue weighted by Crippen LogP contribution is -2.22. The van der Waals surface area contributed by atoms with Crippen LogP contribution in [0.1, 0.15) is 32.1 Å². The van der Waals surface area contributed by atoms with Crippen molar-refractivity contribution in [3.8, 4) is 0 Å². The van der Waals surface area contributed by atoms with Gasteiger partial charge in [-0.15, -0.1) is 0 Å². The van der Waals surface area contributed by atoms with Gasteiger partial charge in [0.15, 0.2) is 6.61 Å². The normalized spacial score (nSPS) is 11.4. The number of alkyl halides is 3. The second-order valence-corrected chi connectivity index (χ2v) is 5.40. The Bertz CT molecular complexity index is 865. The molecule has 2 rings (SSSR count). The van der Waals surface area contributed by atoms with Gasteiger partial charge in [-0.3, -0.25) is 9.59 Å². The molecule has 0 aliphatic rings. The Kier molecular flexibility index (Phi) is 5.15. The van der Waals surface area contributed by atoms with Crippen LogP contribution in [0.5, 0.6) is 0 Å². The lowest BCUT2D eigenvalue weighted by molar-refractivity contribution is -0.141. The quantitative estimate of drug-likeness (QED) is 0.659.